The van der Waals surface area contributed by atoms with E-state index in [1.807, 2.05) is 0 Å². The number of benzene rings is 2. The maximum atomic E-state index is 13.6. The molecule has 0 saturated carbocycles. The molecule has 0 heterocycles. The summed E-state index contributed by atoms with van der Waals surface area (Å²) in [5.74, 6) is 0.427. The van der Waals surface area contributed by atoms with Crippen molar-refractivity contribution in [3.63, 3.8) is 0 Å². The number of hydrogen-bond donors (Lipinski definition) is 1. The molecule has 0 fully saturated rings. The average Bonchev–Trinajstić information content (AvgIpc) is 2.38. The van der Waals surface area contributed by atoms with Crippen molar-refractivity contribution in [2.45, 2.75) is 6.61 Å². The lowest BCUT2D eigenvalue weighted by Gasteiger charge is -2.11. The smallest absolute Gasteiger partial charge is 0.166 e. The first-order valence-electron chi connectivity index (χ1n) is 5.60. The van der Waals surface area contributed by atoms with Crippen LogP contribution in [0.4, 0.5) is 10.1 Å². The van der Waals surface area contributed by atoms with Gasteiger partial charge in [0.25, 0.3) is 0 Å². The number of hydrogen-bond acceptors (Lipinski definition) is 3. The normalized spacial score (nSPS) is 10.3. The van der Waals surface area contributed by atoms with Gasteiger partial charge in [-0.05, 0) is 36.4 Å². The fraction of sp³-hybridized carbons (Fsp3) is 0.143. The van der Waals surface area contributed by atoms with Gasteiger partial charge >= 0.3 is 0 Å². The molecule has 0 aliphatic rings. The molecule has 0 aromatic heterocycles. The van der Waals surface area contributed by atoms with Gasteiger partial charge < -0.3 is 15.2 Å². The Hall–Kier alpha value is -1.75. The number of nitrogens with two attached hydrogens (primary N) is 1. The van der Waals surface area contributed by atoms with Gasteiger partial charge in [-0.2, -0.15) is 0 Å². The highest BCUT2D eigenvalue weighted by molar-refractivity contribution is 9.10. The van der Waals surface area contributed by atoms with Crippen LogP contribution in [0.2, 0.25) is 0 Å². The molecule has 2 rings (SSSR count). The third-order valence-electron chi connectivity index (χ3n) is 2.58. The Labute approximate surface area is 119 Å². The first kappa shape index (κ1) is 13.7. The maximum absolute atomic E-state index is 13.6. The van der Waals surface area contributed by atoms with Crippen molar-refractivity contribution in [1.29, 1.82) is 0 Å². The number of halogens is 2. The summed E-state index contributed by atoms with van der Waals surface area (Å²) in [6.45, 7) is 0.187. The number of ether oxygens (including phenoxy) is 2. The molecule has 0 aliphatic carbocycles. The second-order valence-electron chi connectivity index (χ2n) is 3.93. The quantitative estimate of drug-likeness (QED) is 0.870. The lowest BCUT2D eigenvalue weighted by Crippen LogP contribution is -2.01. The van der Waals surface area contributed by atoms with Crippen molar-refractivity contribution < 1.29 is 13.9 Å². The Morgan fingerprint density at radius 3 is 2.58 bits per heavy atom. The third kappa shape index (κ3) is 3.38. The Balaban J connectivity index is 2.16. The van der Waals surface area contributed by atoms with Gasteiger partial charge in [0, 0.05) is 15.7 Å². The van der Waals surface area contributed by atoms with Crippen molar-refractivity contribution >= 4 is 21.6 Å². The Morgan fingerprint density at radius 1 is 1.16 bits per heavy atom. The molecule has 0 aliphatic heterocycles. The Morgan fingerprint density at radius 2 is 1.89 bits per heavy atom. The average molecular weight is 326 g/mol. The van der Waals surface area contributed by atoms with Crippen molar-refractivity contribution in [2.75, 3.05) is 12.8 Å². The van der Waals surface area contributed by atoms with Crippen LogP contribution < -0.4 is 15.2 Å². The van der Waals surface area contributed by atoms with Gasteiger partial charge in [0.1, 0.15) is 12.4 Å². The minimum absolute atomic E-state index is 0.187. The summed E-state index contributed by atoms with van der Waals surface area (Å²) >= 11 is 3.19. The molecule has 2 aromatic carbocycles. The molecule has 5 heteroatoms. The Bertz CT molecular complexity index is 590. The van der Waals surface area contributed by atoms with E-state index in [0.717, 1.165) is 5.56 Å². The van der Waals surface area contributed by atoms with E-state index >= 15 is 0 Å². The minimum atomic E-state index is -0.419. The van der Waals surface area contributed by atoms with E-state index in [1.165, 1.54) is 6.07 Å². The monoisotopic (exact) mass is 325 g/mol. The van der Waals surface area contributed by atoms with Crippen molar-refractivity contribution in [2.24, 2.45) is 0 Å². The van der Waals surface area contributed by atoms with Crippen LogP contribution in [-0.4, -0.2) is 7.11 Å². The summed E-state index contributed by atoms with van der Waals surface area (Å²) in [6.07, 6.45) is 0. The van der Waals surface area contributed by atoms with Gasteiger partial charge in [-0.1, -0.05) is 15.9 Å². The van der Waals surface area contributed by atoms with Crippen molar-refractivity contribution in [3.05, 3.63) is 52.3 Å². The molecule has 0 saturated heterocycles. The summed E-state index contributed by atoms with van der Waals surface area (Å²) in [7, 11) is 1.56. The molecule has 0 spiro atoms. The zero-order valence-electron chi connectivity index (χ0n) is 10.3. The van der Waals surface area contributed by atoms with Gasteiger partial charge in [-0.15, -0.1) is 0 Å². The number of methoxy groups -OCH3 is 1. The fourth-order valence-electron chi connectivity index (χ4n) is 1.66. The van der Waals surface area contributed by atoms with Gasteiger partial charge in [-0.25, -0.2) is 4.39 Å². The van der Waals surface area contributed by atoms with E-state index < -0.39 is 5.82 Å². The number of rotatable bonds is 4. The molecule has 0 bridgehead atoms. The predicted octanol–water partition coefficient (Wildman–Crippen LogP) is 3.76. The first-order chi connectivity index (χ1) is 9.10. The lowest BCUT2D eigenvalue weighted by atomic mass is 10.2. The van der Waals surface area contributed by atoms with Gasteiger partial charge in [0.05, 0.1) is 7.11 Å². The molecule has 2 N–H and O–H groups in total. The fourth-order valence-corrected chi connectivity index (χ4v) is 1.99. The van der Waals surface area contributed by atoms with Crippen LogP contribution in [0.15, 0.2) is 40.9 Å². The first-order valence-corrected chi connectivity index (χ1v) is 6.39. The molecule has 3 nitrogen and oxygen atoms in total. The van der Waals surface area contributed by atoms with E-state index in [9.17, 15) is 4.39 Å². The maximum Gasteiger partial charge on any atom is 0.166 e. The topological polar surface area (TPSA) is 44.5 Å². The summed E-state index contributed by atoms with van der Waals surface area (Å²) in [5, 5.41) is 0. The molecule has 0 radical (unpaired) electrons. The van der Waals surface area contributed by atoms with Crippen LogP contribution in [0, 0.1) is 5.82 Å². The molecule has 100 valence electrons. The van der Waals surface area contributed by atoms with Gasteiger partial charge in [0.2, 0.25) is 0 Å². The standard InChI is InChI=1S/C14H13BrFNO2/c1-18-13-5-3-11(17)6-9(13)8-19-14-4-2-10(15)7-12(14)16/h2-7H,8,17H2,1H3. The SMILES string of the molecule is COc1ccc(N)cc1COc1ccc(Br)cc1F. The predicted molar refractivity (Wildman–Crippen MR) is 75.8 cm³/mol. The van der Waals surface area contributed by atoms with Gasteiger partial charge in [0.15, 0.2) is 11.6 Å². The molecule has 2 aromatic rings. The van der Waals surface area contributed by atoms with E-state index in [-0.39, 0.29) is 12.4 Å². The molecule has 0 atom stereocenters. The van der Waals surface area contributed by atoms with Crippen molar-refractivity contribution in [3.8, 4) is 11.5 Å². The summed E-state index contributed by atoms with van der Waals surface area (Å²) in [4.78, 5) is 0. The van der Waals surface area contributed by atoms with Crippen LogP contribution >= 0.6 is 15.9 Å². The lowest BCUT2D eigenvalue weighted by molar-refractivity contribution is 0.282. The summed E-state index contributed by atoms with van der Waals surface area (Å²) in [5.41, 5.74) is 7.08. The van der Waals surface area contributed by atoms with Crippen LogP contribution in [0.1, 0.15) is 5.56 Å². The zero-order valence-corrected chi connectivity index (χ0v) is 11.9. The molecule has 0 amide bonds. The highest BCUT2D eigenvalue weighted by atomic mass is 79.9. The molecular weight excluding hydrogens is 313 g/mol. The van der Waals surface area contributed by atoms with E-state index in [4.69, 9.17) is 15.2 Å². The highest BCUT2D eigenvalue weighted by Crippen LogP contribution is 2.25. The summed E-state index contributed by atoms with van der Waals surface area (Å²) in [6, 6.07) is 9.88. The molecule has 0 unspecified atom stereocenters. The molecule has 19 heavy (non-hydrogen) atoms. The number of anilines is 1. The second-order valence-corrected chi connectivity index (χ2v) is 4.85. The Kier molecular flexibility index (Phi) is 4.27. The third-order valence-corrected chi connectivity index (χ3v) is 3.07. The van der Waals surface area contributed by atoms with E-state index in [1.54, 1.807) is 37.4 Å². The van der Waals surface area contributed by atoms with Crippen LogP contribution in [0.3, 0.4) is 0 Å². The number of nitrogen functional groups attached to an aromatic ring is 1. The highest BCUT2D eigenvalue weighted by Gasteiger charge is 2.07. The zero-order chi connectivity index (χ0) is 13.8. The van der Waals surface area contributed by atoms with Crippen LogP contribution in [0.5, 0.6) is 11.5 Å². The largest absolute Gasteiger partial charge is 0.496 e. The second kappa shape index (κ2) is 5.93. The van der Waals surface area contributed by atoms with Crippen molar-refractivity contribution in [1.82, 2.24) is 0 Å². The minimum Gasteiger partial charge on any atom is -0.496 e. The van der Waals surface area contributed by atoms with Gasteiger partial charge in [-0.3, -0.25) is 0 Å². The molecular formula is C14H13BrFNO2. The van der Waals surface area contributed by atoms with Crippen LogP contribution in [0.25, 0.3) is 0 Å². The van der Waals surface area contributed by atoms with E-state index in [2.05, 4.69) is 15.9 Å². The van der Waals surface area contributed by atoms with Crippen LogP contribution in [-0.2, 0) is 6.61 Å². The van der Waals surface area contributed by atoms with E-state index in [0.29, 0.717) is 15.9 Å². The summed E-state index contributed by atoms with van der Waals surface area (Å²) < 4.78 is 24.9.